The van der Waals surface area contributed by atoms with Gasteiger partial charge in [0.05, 0.1) is 17.9 Å². The largest absolute Gasteiger partial charge is 0.472 e. The summed E-state index contributed by atoms with van der Waals surface area (Å²) in [5, 5.41) is 3.06. The number of amides is 1. The Bertz CT molecular complexity index is 615. The molecule has 4 heteroatoms. The molecule has 0 aliphatic heterocycles. The van der Waals surface area contributed by atoms with E-state index in [1.54, 1.807) is 24.7 Å². The number of hydrogen-bond acceptors (Lipinski definition) is 2. The van der Waals surface area contributed by atoms with Crippen LogP contribution in [0.5, 0.6) is 0 Å². The number of furan rings is 1. The fourth-order valence-corrected chi connectivity index (χ4v) is 2.72. The Morgan fingerprint density at radius 1 is 1.33 bits per heavy atom. The van der Waals surface area contributed by atoms with Crippen molar-refractivity contribution in [2.24, 2.45) is 0 Å². The number of carbonyl (C=O) groups is 1. The lowest BCUT2D eigenvalue weighted by Crippen LogP contribution is -2.41. The Labute approximate surface area is 123 Å². The lowest BCUT2D eigenvalue weighted by Gasteiger charge is -2.19. The van der Waals surface area contributed by atoms with Crippen LogP contribution < -0.4 is 5.32 Å². The topological polar surface area (TPSA) is 42.2 Å². The molecule has 1 unspecified atom stereocenters. The van der Waals surface area contributed by atoms with Crippen LogP contribution in [-0.4, -0.2) is 11.9 Å². The minimum absolute atomic E-state index is 0.0325. The van der Waals surface area contributed by atoms with E-state index in [2.05, 4.69) is 5.32 Å². The fraction of sp³-hybridized carbons (Fsp3) is 0.353. The standard InChI is InChI=1S/C17H18FNO2/c1-12(10-13-6-9-21-11-13)19-16(20)17(7-8-17)14-2-4-15(18)5-3-14/h2-6,9,11-12H,7-8,10H2,1H3,(H,19,20). The van der Waals surface area contributed by atoms with Crippen molar-refractivity contribution >= 4 is 5.91 Å². The Morgan fingerprint density at radius 3 is 2.62 bits per heavy atom. The molecule has 0 bridgehead atoms. The summed E-state index contributed by atoms with van der Waals surface area (Å²) in [5.74, 6) is -0.242. The average Bonchev–Trinajstić information content (AvgIpc) is 3.12. The van der Waals surface area contributed by atoms with Gasteiger partial charge < -0.3 is 9.73 Å². The van der Waals surface area contributed by atoms with Gasteiger partial charge in [-0.25, -0.2) is 4.39 Å². The smallest absolute Gasteiger partial charge is 0.230 e. The van der Waals surface area contributed by atoms with Crippen molar-refractivity contribution in [3.8, 4) is 0 Å². The van der Waals surface area contributed by atoms with Crippen LogP contribution in [0.3, 0.4) is 0 Å². The summed E-state index contributed by atoms with van der Waals surface area (Å²) in [6.45, 7) is 1.98. The number of hydrogen-bond donors (Lipinski definition) is 1. The lowest BCUT2D eigenvalue weighted by molar-refractivity contribution is -0.124. The summed E-state index contributed by atoms with van der Waals surface area (Å²) in [5.41, 5.74) is 1.50. The van der Waals surface area contributed by atoms with E-state index in [9.17, 15) is 9.18 Å². The first-order valence-electron chi connectivity index (χ1n) is 7.18. The SMILES string of the molecule is CC(Cc1ccoc1)NC(=O)C1(c2ccc(F)cc2)CC1. The van der Waals surface area contributed by atoms with Crippen molar-refractivity contribution in [2.75, 3.05) is 0 Å². The predicted octanol–water partition coefficient (Wildman–Crippen LogP) is 3.20. The van der Waals surface area contributed by atoms with Gasteiger partial charge in [-0.2, -0.15) is 0 Å². The van der Waals surface area contributed by atoms with E-state index in [0.29, 0.717) is 0 Å². The Balaban J connectivity index is 1.66. The van der Waals surface area contributed by atoms with Gasteiger partial charge in [0.1, 0.15) is 5.82 Å². The maximum atomic E-state index is 13.0. The lowest BCUT2D eigenvalue weighted by atomic mass is 9.94. The van der Waals surface area contributed by atoms with Crippen molar-refractivity contribution in [2.45, 2.75) is 37.6 Å². The predicted molar refractivity (Wildman–Crippen MR) is 77.3 cm³/mol. The van der Waals surface area contributed by atoms with Crippen molar-refractivity contribution in [1.29, 1.82) is 0 Å². The second-order valence-electron chi connectivity index (χ2n) is 5.80. The highest BCUT2D eigenvalue weighted by atomic mass is 19.1. The number of rotatable bonds is 5. The molecule has 0 radical (unpaired) electrons. The van der Waals surface area contributed by atoms with Gasteiger partial charge in [0.15, 0.2) is 0 Å². The summed E-state index contributed by atoms with van der Waals surface area (Å²) in [6, 6.07) is 8.18. The number of nitrogens with one attached hydrogen (secondary N) is 1. The highest BCUT2D eigenvalue weighted by molar-refractivity contribution is 5.91. The van der Waals surface area contributed by atoms with Gasteiger partial charge in [0.2, 0.25) is 5.91 Å². The summed E-state index contributed by atoms with van der Waals surface area (Å²) in [4.78, 5) is 12.5. The molecule has 1 aromatic heterocycles. The minimum atomic E-state index is -0.460. The van der Waals surface area contributed by atoms with Gasteiger partial charge in [-0.1, -0.05) is 12.1 Å². The van der Waals surface area contributed by atoms with Crippen LogP contribution in [0.4, 0.5) is 4.39 Å². The van der Waals surface area contributed by atoms with Crippen LogP contribution in [-0.2, 0) is 16.6 Å². The molecule has 1 heterocycles. The first-order chi connectivity index (χ1) is 10.1. The van der Waals surface area contributed by atoms with E-state index in [4.69, 9.17) is 4.42 Å². The molecule has 1 aliphatic rings. The van der Waals surface area contributed by atoms with Crippen LogP contribution in [0.2, 0.25) is 0 Å². The number of halogens is 1. The number of benzene rings is 1. The quantitative estimate of drug-likeness (QED) is 0.917. The van der Waals surface area contributed by atoms with Crippen LogP contribution in [0, 0.1) is 5.82 Å². The maximum Gasteiger partial charge on any atom is 0.230 e. The zero-order valence-corrected chi connectivity index (χ0v) is 11.9. The molecule has 2 aromatic rings. The summed E-state index contributed by atoms with van der Waals surface area (Å²) < 4.78 is 18.0. The monoisotopic (exact) mass is 287 g/mol. The molecule has 0 spiro atoms. The average molecular weight is 287 g/mol. The molecule has 1 aliphatic carbocycles. The Kier molecular flexibility index (Phi) is 3.53. The summed E-state index contributed by atoms with van der Waals surface area (Å²) in [6.07, 6.45) is 5.70. The Morgan fingerprint density at radius 2 is 2.05 bits per heavy atom. The van der Waals surface area contributed by atoms with Crippen molar-refractivity contribution in [1.82, 2.24) is 5.32 Å². The van der Waals surface area contributed by atoms with Gasteiger partial charge in [-0.05, 0) is 55.5 Å². The number of carbonyl (C=O) groups excluding carboxylic acids is 1. The van der Waals surface area contributed by atoms with E-state index in [-0.39, 0.29) is 17.8 Å². The van der Waals surface area contributed by atoms with Crippen LogP contribution in [0.25, 0.3) is 0 Å². The molecule has 1 aromatic carbocycles. The molecule has 3 nitrogen and oxygen atoms in total. The molecule has 1 saturated carbocycles. The van der Waals surface area contributed by atoms with E-state index in [0.717, 1.165) is 30.4 Å². The fourth-order valence-electron chi connectivity index (χ4n) is 2.72. The molecule has 1 amide bonds. The first kappa shape index (κ1) is 13.9. The Hall–Kier alpha value is -2.10. The van der Waals surface area contributed by atoms with Crippen LogP contribution in [0.1, 0.15) is 30.9 Å². The third kappa shape index (κ3) is 2.84. The second-order valence-corrected chi connectivity index (χ2v) is 5.80. The van der Waals surface area contributed by atoms with Gasteiger partial charge in [0.25, 0.3) is 0 Å². The van der Waals surface area contributed by atoms with Gasteiger partial charge in [0, 0.05) is 6.04 Å². The second kappa shape index (κ2) is 5.35. The van der Waals surface area contributed by atoms with Gasteiger partial charge >= 0.3 is 0 Å². The van der Waals surface area contributed by atoms with E-state index in [1.165, 1.54) is 12.1 Å². The molecular formula is C17H18FNO2. The molecular weight excluding hydrogens is 269 g/mol. The zero-order chi connectivity index (χ0) is 14.9. The van der Waals surface area contributed by atoms with Gasteiger partial charge in [-0.3, -0.25) is 4.79 Å². The maximum absolute atomic E-state index is 13.0. The van der Waals surface area contributed by atoms with Crippen LogP contribution >= 0.6 is 0 Å². The molecule has 1 N–H and O–H groups in total. The zero-order valence-electron chi connectivity index (χ0n) is 11.9. The van der Waals surface area contributed by atoms with Gasteiger partial charge in [-0.15, -0.1) is 0 Å². The van der Waals surface area contributed by atoms with Crippen molar-refractivity contribution in [3.05, 3.63) is 59.8 Å². The third-order valence-electron chi connectivity index (χ3n) is 4.08. The highest BCUT2D eigenvalue weighted by Gasteiger charge is 2.51. The minimum Gasteiger partial charge on any atom is -0.472 e. The molecule has 110 valence electrons. The highest BCUT2D eigenvalue weighted by Crippen LogP contribution is 2.48. The summed E-state index contributed by atoms with van der Waals surface area (Å²) >= 11 is 0. The molecule has 1 fully saturated rings. The summed E-state index contributed by atoms with van der Waals surface area (Å²) in [7, 11) is 0. The first-order valence-corrected chi connectivity index (χ1v) is 7.18. The van der Waals surface area contributed by atoms with E-state index in [1.807, 2.05) is 13.0 Å². The molecule has 3 rings (SSSR count). The van der Waals surface area contributed by atoms with E-state index >= 15 is 0 Å². The van der Waals surface area contributed by atoms with Crippen molar-refractivity contribution < 1.29 is 13.6 Å². The van der Waals surface area contributed by atoms with E-state index < -0.39 is 5.41 Å². The van der Waals surface area contributed by atoms with Crippen molar-refractivity contribution in [3.63, 3.8) is 0 Å². The molecule has 21 heavy (non-hydrogen) atoms. The van der Waals surface area contributed by atoms with Crippen LogP contribution in [0.15, 0.2) is 47.3 Å². The third-order valence-corrected chi connectivity index (χ3v) is 4.08. The molecule has 0 saturated heterocycles. The normalized spacial score (nSPS) is 17.2. The molecule has 1 atom stereocenters.